The van der Waals surface area contributed by atoms with Crippen LogP contribution in [0.3, 0.4) is 0 Å². The first-order chi connectivity index (χ1) is 17.4. The molecular formula is C27H27ClN6O2. The summed E-state index contributed by atoms with van der Waals surface area (Å²) in [7, 11) is 1.59. The fraction of sp³-hybridized carbons (Fsp3) is 0.185. The Morgan fingerprint density at radius 1 is 1.14 bits per heavy atom. The number of halogens is 1. The molecule has 0 atom stereocenters. The molecule has 0 aliphatic carbocycles. The second-order valence-electron chi connectivity index (χ2n) is 8.15. The molecule has 2 aromatic carbocycles. The highest BCUT2D eigenvalue weighted by Crippen LogP contribution is 2.23. The molecule has 0 unspecified atom stereocenters. The number of H-pyrrole nitrogens is 1. The molecular weight excluding hydrogens is 476 g/mol. The number of amides is 1. The third-order valence-corrected chi connectivity index (χ3v) is 5.62. The average molecular weight is 503 g/mol. The summed E-state index contributed by atoms with van der Waals surface area (Å²) < 4.78 is 5.34. The van der Waals surface area contributed by atoms with Gasteiger partial charge in [0, 0.05) is 51.7 Å². The fourth-order valence-corrected chi connectivity index (χ4v) is 3.94. The summed E-state index contributed by atoms with van der Waals surface area (Å²) in [4.78, 5) is 29.4. The van der Waals surface area contributed by atoms with Crippen molar-refractivity contribution in [2.45, 2.75) is 20.3 Å². The van der Waals surface area contributed by atoms with Gasteiger partial charge in [-0.25, -0.2) is 9.97 Å². The van der Waals surface area contributed by atoms with Crippen molar-refractivity contribution in [3.8, 4) is 5.75 Å². The van der Waals surface area contributed by atoms with Crippen LogP contribution in [0.4, 0.5) is 5.95 Å². The first kappa shape index (κ1) is 24.9. The molecule has 184 valence electrons. The Hall–Kier alpha value is -4.17. The quantitative estimate of drug-likeness (QED) is 0.186. The molecule has 3 N–H and O–H groups in total. The first-order valence-electron chi connectivity index (χ1n) is 11.4. The summed E-state index contributed by atoms with van der Waals surface area (Å²) in [6, 6.07) is 15.1. The number of hydrogen-bond donors (Lipinski definition) is 3. The fourth-order valence-electron chi connectivity index (χ4n) is 3.77. The molecule has 0 radical (unpaired) electrons. The number of aliphatic imine (C=N–C) groups is 1. The number of methoxy groups -OCH3 is 1. The van der Waals surface area contributed by atoms with Gasteiger partial charge in [0.15, 0.2) is 0 Å². The topological polar surface area (TPSA) is 104 Å². The van der Waals surface area contributed by atoms with E-state index in [1.54, 1.807) is 13.2 Å². The summed E-state index contributed by atoms with van der Waals surface area (Å²) in [5.74, 6) is 0.943. The molecule has 0 spiro atoms. The minimum absolute atomic E-state index is 0.257. The van der Waals surface area contributed by atoms with Gasteiger partial charge < -0.3 is 9.72 Å². The summed E-state index contributed by atoms with van der Waals surface area (Å²) >= 11 is 6.17. The zero-order valence-electron chi connectivity index (χ0n) is 20.3. The van der Waals surface area contributed by atoms with E-state index in [0.29, 0.717) is 29.7 Å². The molecule has 4 aromatic rings. The molecule has 4 rings (SSSR count). The molecule has 2 aromatic heterocycles. The van der Waals surface area contributed by atoms with Gasteiger partial charge in [0.05, 0.1) is 7.11 Å². The lowest BCUT2D eigenvalue weighted by molar-refractivity contribution is -0.115. The van der Waals surface area contributed by atoms with E-state index >= 15 is 0 Å². The van der Waals surface area contributed by atoms with Crippen molar-refractivity contribution >= 4 is 46.4 Å². The van der Waals surface area contributed by atoms with Gasteiger partial charge in [0.1, 0.15) is 5.75 Å². The predicted molar refractivity (Wildman–Crippen MR) is 145 cm³/mol. The molecule has 0 bridgehead atoms. The third-order valence-electron chi connectivity index (χ3n) is 5.39. The Labute approximate surface area is 214 Å². The number of nitrogens with one attached hydrogen (secondary N) is 3. The monoisotopic (exact) mass is 502 g/mol. The number of nitrogens with zero attached hydrogens (tertiary/aromatic N) is 3. The number of anilines is 1. The van der Waals surface area contributed by atoms with Gasteiger partial charge in [0.2, 0.25) is 11.9 Å². The number of guanidine groups is 1. The lowest BCUT2D eigenvalue weighted by Gasteiger charge is -2.10. The van der Waals surface area contributed by atoms with Gasteiger partial charge in [0.25, 0.3) is 5.91 Å². The maximum atomic E-state index is 12.7. The molecule has 0 saturated heterocycles. The zero-order valence-corrected chi connectivity index (χ0v) is 21.1. The maximum Gasteiger partial charge on any atom is 0.250 e. The number of carbonyl (C=O) groups is 1. The first-order valence-corrected chi connectivity index (χ1v) is 11.8. The van der Waals surface area contributed by atoms with E-state index in [2.05, 4.69) is 30.6 Å². The second-order valence-corrected chi connectivity index (χ2v) is 8.58. The van der Waals surface area contributed by atoms with Crippen LogP contribution in [0, 0.1) is 13.8 Å². The Kier molecular flexibility index (Phi) is 7.97. The standard InChI is InChI=1S/C27H27ClN6O2/c1-17-14-18(2)32-27(31-17)34-26(33-25(35)11-8-19-6-4-5-7-24(19)36-3)29-13-12-20-16-30-23-10-9-21(28)15-22(20)23/h4-11,14-16,30H,12-13H2,1-3H3,(H2,29,31,32,33,34,35)/b11-8+. The number of para-hydroxylation sites is 1. The van der Waals surface area contributed by atoms with Crippen molar-refractivity contribution in [3.63, 3.8) is 0 Å². The average Bonchev–Trinajstić information content (AvgIpc) is 3.24. The van der Waals surface area contributed by atoms with Gasteiger partial charge in [-0.3, -0.25) is 20.4 Å². The number of fused-ring (bicyclic) bond motifs is 1. The number of hydrogen-bond acceptors (Lipinski definition) is 5. The summed E-state index contributed by atoms with van der Waals surface area (Å²) in [5, 5.41) is 7.57. The Morgan fingerprint density at radius 3 is 2.69 bits per heavy atom. The van der Waals surface area contributed by atoms with Gasteiger partial charge in [-0.05, 0) is 62.2 Å². The third kappa shape index (κ3) is 6.49. The summed E-state index contributed by atoms with van der Waals surface area (Å²) in [6.45, 7) is 4.18. The molecule has 0 saturated carbocycles. The van der Waals surface area contributed by atoms with E-state index in [9.17, 15) is 4.79 Å². The number of aromatic nitrogens is 3. The minimum atomic E-state index is -0.351. The molecule has 0 fully saturated rings. The molecule has 1 amide bonds. The van der Waals surface area contributed by atoms with Crippen LogP contribution in [-0.4, -0.2) is 40.5 Å². The van der Waals surface area contributed by atoms with E-state index in [1.807, 2.05) is 68.6 Å². The van der Waals surface area contributed by atoms with E-state index < -0.39 is 0 Å². The van der Waals surface area contributed by atoms with Crippen LogP contribution in [-0.2, 0) is 11.2 Å². The number of rotatable bonds is 7. The molecule has 2 heterocycles. The number of aromatic amines is 1. The van der Waals surface area contributed by atoms with Gasteiger partial charge in [-0.2, -0.15) is 0 Å². The maximum absolute atomic E-state index is 12.7. The van der Waals surface area contributed by atoms with E-state index in [-0.39, 0.29) is 11.9 Å². The van der Waals surface area contributed by atoms with Crippen LogP contribution in [0.1, 0.15) is 22.5 Å². The van der Waals surface area contributed by atoms with Crippen LogP contribution in [0.15, 0.2) is 65.8 Å². The summed E-state index contributed by atoms with van der Waals surface area (Å²) in [5.41, 5.74) is 4.50. The molecule has 8 nitrogen and oxygen atoms in total. The molecule has 0 aliphatic rings. The van der Waals surface area contributed by atoms with Crippen LogP contribution in [0.25, 0.3) is 17.0 Å². The number of carbonyl (C=O) groups excluding carboxylic acids is 1. The van der Waals surface area contributed by atoms with Crippen LogP contribution >= 0.6 is 11.6 Å². The van der Waals surface area contributed by atoms with E-state index in [4.69, 9.17) is 16.3 Å². The Balaban J connectivity index is 1.52. The van der Waals surface area contributed by atoms with Crippen LogP contribution < -0.4 is 15.4 Å². The highest BCUT2D eigenvalue weighted by molar-refractivity contribution is 6.31. The van der Waals surface area contributed by atoms with Crippen LogP contribution in [0.5, 0.6) is 5.75 Å². The molecule has 9 heteroatoms. The Morgan fingerprint density at radius 2 is 1.92 bits per heavy atom. The summed E-state index contributed by atoms with van der Waals surface area (Å²) in [6.07, 6.45) is 5.71. The van der Waals surface area contributed by atoms with Gasteiger partial charge in [-0.15, -0.1) is 0 Å². The lowest BCUT2D eigenvalue weighted by Crippen LogP contribution is -2.35. The highest BCUT2D eigenvalue weighted by Gasteiger charge is 2.09. The highest BCUT2D eigenvalue weighted by atomic mass is 35.5. The Bertz CT molecular complexity index is 1420. The van der Waals surface area contributed by atoms with Crippen molar-refractivity contribution in [2.24, 2.45) is 4.99 Å². The van der Waals surface area contributed by atoms with Crippen molar-refractivity contribution in [2.75, 3.05) is 19.0 Å². The molecule has 36 heavy (non-hydrogen) atoms. The predicted octanol–water partition coefficient (Wildman–Crippen LogP) is 5.08. The lowest BCUT2D eigenvalue weighted by atomic mass is 10.1. The normalized spacial score (nSPS) is 11.7. The van der Waals surface area contributed by atoms with Crippen molar-refractivity contribution in [1.29, 1.82) is 0 Å². The van der Waals surface area contributed by atoms with E-state index in [0.717, 1.165) is 33.4 Å². The molecule has 0 aliphatic heterocycles. The number of benzene rings is 2. The van der Waals surface area contributed by atoms with Gasteiger partial charge >= 0.3 is 0 Å². The smallest absolute Gasteiger partial charge is 0.250 e. The van der Waals surface area contributed by atoms with Crippen molar-refractivity contribution < 1.29 is 9.53 Å². The number of ether oxygens (including phenoxy) is 1. The zero-order chi connectivity index (χ0) is 25.5. The number of aryl methyl sites for hydroxylation is 2. The van der Waals surface area contributed by atoms with Crippen LogP contribution in [0.2, 0.25) is 5.02 Å². The van der Waals surface area contributed by atoms with Crippen molar-refractivity contribution in [1.82, 2.24) is 20.3 Å². The second kappa shape index (κ2) is 11.5. The SMILES string of the molecule is COc1ccccc1/C=C/C(=O)NC(=NCCc1c[nH]c2ccc(Cl)cc12)Nc1nc(C)cc(C)n1. The van der Waals surface area contributed by atoms with Crippen molar-refractivity contribution in [3.05, 3.63) is 88.3 Å². The minimum Gasteiger partial charge on any atom is -0.496 e. The largest absolute Gasteiger partial charge is 0.496 e. The van der Waals surface area contributed by atoms with E-state index in [1.165, 1.54) is 6.08 Å². The van der Waals surface area contributed by atoms with Gasteiger partial charge in [-0.1, -0.05) is 29.8 Å².